The van der Waals surface area contributed by atoms with E-state index in [0.717, 1.165) is 57.4 Å². The van der Waals surface area contributed by atoms with Crippen LogP contribution in [-0.2, 0) is 27.1 Å². The minimum atomic E-state index is -0.569. The molecule has 3 atom stereocenters. The number of methoxy groups -OCH3 is 1. The van der Waals surface area contributed by atoms with Gasteiger partial charge in [0, 0.05) is 43.0 Å². The summed E-state index contributed by atoms with van der Waals surface area (Å²) >= 11 is 1.62. The summed E-state index contributed by atoms with van der Waals surface area (Å²) in [6.07, 6.45) is 2.09. The van der Waals surface area contributed by atoms with Crippen molar-refractivity contribution in [3.8, 4) is 0 Å². The van der Waals surface area contributed by atoms with Gasteiger partial charge in [-0.05, 0) is 70.7 Å². The number of pyridine rings is 2. The molecule has 11 heteroatoms. The quantitative estimate of drug-likeness (QED) is 0.341. The van der Waals surface area contributed by atoms with Gasteiger partial charge in [-0.2, -0.15) is 0 Å². The molecule has 0 aromatic carbocycles. The molecule has 3 aromatic rings. The van der Waals surface area contributed by atoms with E-state index in [0.29, 0.717) is 26.3 Å². The lowest BCUT2D eigenvalue weighted by Crippen LogP contribution is -2.46. The van der Waals surface area contributed by atoms with Crippen molar-refractivity contribution >= 4 is 44.2 Å². The number of rotatable bonds is 8. The Kier molecular flexibility index (Phi) is 8.34. The van der Waals surface area contributed by atoms with E-state index in [2.05, 4.69) is 38.7 Å². The number of nitrogens with two attached hydrogens (primary N) is 1. The average molecular weight is 569 g/mol. The topological polar surface area (TPSA) is 124 Å². The van der Waals surface area contributed by atoms with Gasteiger partial charge in [0.25, 0.3) is 0 Å². The molecular formula is C29H40N6O4S. The number of nitrogen functional groups attached to an aromatic ring is 1. The minimum Gasteiger partial charge on any atom is -0.444 e. The predicted molar refractivity (Wildman–Crippen MR) is 159 cm³/mol. The van der Waals surface area contributed by atoms with Crippen LogP contribution in [0, 0.1) is 6.92 Å². The third kappa shape index (κ3) is 6.59. The number of amides is 1. The molecule has 1 aliphatic carbocycles. The number of ether oxygens (including phenoxy) is 3. The fraction of sp³-hybridized carbons (Fsp3) is 0.552. The summed E-state index contributed by atoms with van der Waals surface area (Å²) in [5, 5.41) is 8.68. The molecule has 2 aliphatic rings. The fourth-order valence-electron chi connectivity index (χ4n) is 5.29. The lowest BCUT2D eigenvalue weighted by molar-refractivity contribution is 0.00946. The van der Waals surface area contributed by atoms with Crippen molar-refractivity contribution in [2.24, 2.45) is 0 Å². The number of hydrogen-bond donors (Lipinski definition) is 3. The summed E-state index contributed by atoms with van der Waals surface area (Å²) < 4.78 is 16.7. The van der Waals surface area contributed by atoms with E-state index in [9.17, 15) is 4.79 Å². The van der Waals surface area contributed by atoms with Crippen molar-refractivity contribution in [1.82, 2.24) is 15.3 Å². The lowest BCUT2D eigenvalue weighted by atomic mass is 9.92. The maximum Gasteiger partial charge on any atom is 0.408 e. The monoisotopic (exact) mass is 568 g/mol. The van der Waals surface area contributed by atoms with Crippen LogP contribution in [0.4, 0.5) is 21.3 Å². The van der Waals surface area contributed by atoms with Crippen LogP contribution in [0.25, 0.3) is 10.2 Å². The number of thiophene rings is 1. The summed E-state index contributed by atoms with van der Waals surface area (Å²) in [5.41, 5.74) is 10.0. The van der Waals surface area contributed by atoms with Crippen molar-refractivity contribution in [1.29, 1.82) is 0 Å². The highest BCUT2D eigenvalue weighted by molar-refractivity contribution is 7.23. The molecule has 0 bridgehead atoms. The van der Waals surface area contributed by atoms with Gasteiger partial charge in [-0.1, -0.05) is 17.4 Å². The zero-order chi connectivity index (χ0) is 28.4. The van der Waals surface area contributed by atoms with Gasteiger partial charge < -0.3 is 35.5 Å². The van der Waals surface area contributed by atoms with E-state index < -0.39 is 11.7 Å². The van der Waals surface area contributed by atoms with Crippen LogP contribution in [0.5, 0.6) is 0 Å². The zero-order valence-electron chi connectivity index (χ0n) is 24.0. The summed E-state index contributed by atoms with van der Waals surface area (Å²) in [7, 11) is 1.65. The van der Waals surface area contributed by atoms with Crippen LogP contribution in [0.3, 0.4) is 0 Å². The second-order valence-corrected chi connectivity index (χ2v) is 12.6. The van der Waals surface area contributed by atoms with E-state index in [1.165, 1.54) is 5.56 Å². The third-order valence-corrected chi connectivity index (χ3v) is 8.28. The second-order valence-electron chi connectivity index (χ2n) is 11.6. The first-order valence-electron chi connectivity index (χ1n) is 13.9. The zero-order valence-corrected chi connectivity index (χ0v) is 24.8. The van der Waals surface area contributed by atoms with Crippen LogP contribution in [-0.4, -0.2) is 73.3 Å². The van der Waals surface area contributed by atoms with Crippen molar-refractivity contribution in [3.63, 3.8) is 0 Å². The molecule has 4 N–H and O–H groups in total. The molecule has 3 aromatic heterocycles. The smallest absolute Gasteiger partial charge is 0.408 e. The number of nitrogens with one attached hydrogen (secondary N) is 2. The number of fused-ring (bicyclic) bond motifs is 2. The summed E-state index contributed by atoms with van der Waals surface area (Å²) in [4.78, 5) is 25.3. The van der Waals surface area contributed by atoms with Gasteiger partial charge in [-0.15, -0.1) is 0 Å². The second kappa shape index (κ2) is 11.8. The SMILES string of the molecule is COCCOC1CN(c2ccc3c(n2)CC[C@H](Nc2sc4nc(C)ccc4c2N)C3)CC1NC(=O)OC(C)(C)C. The van der Waals surface area contributed by atoms with Crippen molar-refractivity contribution in [2.75, 3.05) is 49.4 Å². The Balaban J connectivity index is 1.25. The van der Waals surface area contributed by atoms with Gasteiger partial charge in [0.1, 0.15) is 21.3 Å². The molecule has 1 saturated heterocycles. The van der Waals surface area contributed by atoms with Gasteiger partial charge in [0.2, 0.25) is 0 Å². The van der Waals surface area contributed by atoms with E-state index in [4.69, 9.17) is 24.9 Å². The number of hydrogen-bond acceptors (Lipinski definition) is 10. The molecule has 1 aliphatic heterocycles. The minimum absolute atomic E-state index is 0.195. The normalized spacial score (nSPS) is 20.9. The molecule has 1 fully saturated rings. The fourth-order valence-corrected chi connectivity index (χ4v) is 6.41. The van der Waals surface area contributed by atoms with E-state index in [1.807, 2.05) is 33.8 Å². The Morgan fingerprint density at radius 1 is 1.18 bits per heavy atom. The number of alkyl carbamates (subject to hydrolysis) is 1. The Morgan fingerprint density at radius 3 is 2.77 bits per heavy atom. The molecule has 5 rings (SSSR count). The molecule has 0 spiro atoms. The van der Waals surface area contributed by atoms with Crippen LogP contribution < -0.4 is 21.3 Å². The summed E-state index contributed by atoms with van der Waals surface area (Å²) in [6.45, 7) is 9.71. The first-order valence-corrected chi connectivity index (χ1v) is 14.7. The maximum atomic E-state index is 12.5. The molecule has 10 nitrogen and oxygen atoms in total. The van der Waals surface area contributed by atoms with Crippen molar-refractivity contribution in [2.45, 2.75) is 70.7 Å². The van der Waals surface area contributed by atoms with Crippen LogP contribution in [0.2, 0.25) is 0 Å². The first kappa shape index (κ1) is 28.4. The molecule has 216 valence electrons. The molecule has 2 unspecified atom stereocenters. The molecular weight excluding hydrogens is 528 g/mol. The standard InChI is InChI=1S/C29H40N6O4S/c1-17-6-9-20-25(30)27(40-26(20)31-17)32-19-8-10-21-18(14-19)7-11-24(33-21)35-15-22(23(16-35)38-13-12-37-5)34-28(36)39-29(2,3)4/h6-7,9,11,19,22-23,32H,8,10,12-16,30H2,1-5H3,(H,34,36)/t19-,22?,23?/m0/s1. The van der Waals surface area contributed by atoms with Gasteiger partial charge in [-0.3, -0.25) is 0 Å². The van der Waals surface area contributed by atoms with E-state index >= 15 is 0 Å². The highest BCUT2D eigenvalue weighted by Crippen LogP contribution is 2.38. The number of nitrogens with zero attached hydrogens (tertiary/aromatic N) is 3. The third-order valence-electron chi connectivity index (χ3n) is 7.23. The van der Waals surface area contributed by atoms with Gasteiger partial charge >= 0.3 is 6.09 Å². The Morgan fingerprint density at radius 2 is 2.00 bits per heavy atom. The number of anilines is 3. The Bertz CT molecular complexity index is 1360. The summed E-state index contributed by atoms with van der Waals surface area (Å²) in [5.74, 6) is 0.897. The molecule has 0 saturated carbocycles. The van der Waals surface area contributed by atoms with Crippen molar-refractivity contribution in [3.05, 3.63) is 41.2 Å². The van der Waals surface area contributed by atoms with Crippen LogP contribution >= 0.6 is 11.3 Å². The van der Waals surface area contributed by atoms with Gasteiger partial charge in [-0.25, -0.2) is 14.8 Å². The molecule has 0 radical (unpaired) electrons. The van der Waals surface area contributed by atoms with Gasteiger partial charge in [0.05, 0.1) is 31.0 Å². The predicted octanol–water partition coefficient (Wildman–Crippen LogP) is 4.30. The van der Waals surface area contributed by atoms with Crippen LogP contribution in [0.1, 0.15) is 44.1 Å². The Hall–Kier alpha value is -3.15. The number of carbonyl (C=O) groups excluding carboxylic acids is 1. The van der Waals surface area contributed by atoms with E-state index in [1.54, 1.807) is 18.4 Å². The lowest BCUT2D eigenvalue weighted by Gasteiger charge is -2.27. The van der Waals surface area contributed by atoms with Crippen LogP contribution in [0.15, 0.2) is 24.3 Å². The number of aryl methyl sites for hydroxylation is 2. The maximum absolute atomic E-state index is 12.5. The number of aromatic nitrogens is 2. The number of carbonyl (C=O) groups is 1. The molecule has 40 heavy (non-hydrogen) atoms. The Labute approximate surface area is 239 Å². The highest BCUT2D eigenvalue weighted by atomic mass is 32.1. The first-order chi connectivity index (χ1) is 19.1. The highest BCUT2D eigenvalue weighted by Gasteiger charge is 2.36. The van der Waals surface area contributed by atoms with Gasteiger partial charge in [0.15, 0.2) is 0 Å². The van der Waals surface area contributed by atoms with Crippen molar-refractivity contribution < 1.29 is 19.0 Å². The average Bonchev–Trinajstić information content (AvgIpc) is 3.42. The largest absolute Gasteiger partial charge is 0.444 e. The van der Waals surface area contributed by atoms with E-state index in [-0.39, 0.29) is 18.2 Å². The molecule has 1 amide bonds. The molecule has 4 heterocycles. The summed E-state index contributed by atoms with van der Waals surface area (Å²) in [6, 6.07) is 8.37.